The van der Waals surface area contributed by atoms with Crippen molar-refractivity contribution in [3.8, 4) is 17.0 Å². The van der Waals surface area contributed by atoms with Crippen LogP contribution in [0.25, 0.3) is 22.0 Å². The van der Waals surface area contributed by atoms with Gasteiger partial charge in [-0.1, -0.05) is 55.8 Å². The van der Waals surface area contributed by atoms with E-state index in [1.807, 2.05) is 42.6 Å². The number of nitrogens with zero attached hydrogens (tertiary/aromatic N) is 1. The molecule has 4 rings (SSSR count). The van der Waals surface area contributed by atoms with Gasteiger partial charge in [0, 0.05) is 17.1 Å². The number of rotatable bonds is 8. The molecule has 5 heteroatoms. The lowest BCUT2D eigenvalue weighted by atomic mass is 9.98. The number of aromatic nitrogens is 1. The van der Waals surface area contributed by atoms with E-state index in [0.717, 1.165) is 35.0 Å². The van der Waals surface area contributed by atoms with E-state index in [0.29, 0.717) is 23.8 Å². The van der Waals surface area contributed by atoms with Gasteiger partial charge >= 0.3 is 6.61 Å². The number of hydrogen-bond donors (Lipinski definition) is 0. The molecule has 0 aliphatic rings. The minimum atomic E-state index is -2.84. The molecule has 0 spiro atoms. The summed E-state index contributed by atoms with van der Waals surface area (Å²) >= 11 is 0. The third-order valence-electron chi connectivity index (χ3n) is 5.52. The van der Waals surface area contributed by atoms with E-state index < -0.39 is 6.61 Å². The van der Waals surface area contributed by atoms with Crippen LogP contribution in [-0.4, -0.2) is 11.6 Å². The van der Waals surface area contributed by atoms with E-state index >= 15 is 4.39 Å². The third-order valence-corrected chi connectivity index (χ3v) is 5.52. The zero-order valence-electron chi connectivity index (χ0n) is 17.8. The van der Waals surface area contributed by atoms with E-state index in [1.165, 1.54) is 17.7 Å². The predicted octanol–water partition coefficient (Wildman–Crippen LogP) is 7.38. The normalized spacial score (nSPS) is 11.3. The summed E-state index contributed by atoms with van der Waals surface area (Å²) in [6.45, 7) is -0.703. The highest BCUT2D eigenvalue weighted by atomic mass is 19.3. The number of hydrogen-bond acceptors (Lipinski definition) is 2. The highest BCUT2D eigenvalue weighted by molar-refractivity contribution is 5.88. The zero-order chi connectivity index (χ0) is 22.5. The second kappa shape index (κ2) is 9.86. The van der Waals surface area contributed by atoms with Gasteiger partial charge < -0.3 is 4.74 Å². The molecule has 1 aromatic heterocycles. The van der Waals surface area contributed by atoms with E-state index in [4.69, 9.17) is 0 Å². The summed E-state index contributed by atoms with van der Waals surface area (Å²) in [5.74, 6) is -0.108. The second-order valence-corrected chi connectivity index (χ2v) is 7.80. The maximum atomic E-state index is 15.1. The first-order valence-electron chi connectivity index (χ1n) is 10.7. The fraction of sp³-hybridized carbons (Fsp3) is 0.222. The van der Waals surface area contributed by atoms with Crippen LogP contribution in [0.2, 0.25) is 0 Å². The number of ether oxygens (including phenoxy) is 1. The molecule has 0 aliphatic carbocycles. The number of pyridine rings is 1. The van der Waals surface area contributed by atoms with Gasteiger partial charge in [-0.2, -0.15) is 8.78 Å². The lowest BCUT2D eigenvalue weighted by Crippen LogP contribution is -2.02. The van der Waals surface area contributed by atoms with Gasteiger partial charge in [-0.3, -0.25) is 4.98 Å². The standard InChI is InChI=1S/C27H24F3NO/c1-2-3-19-7-15-25(31-17-19)22-11-14-24-21(16-22)10-9-20(26(24)28)8-4-18-5-12-23(13-6-18)32-27(29)30/h5-7,9-17,27H,2-4,8H2,1H3. The van der Waals surface area contributed by atoms with Crippen LogP contribution in [0.3, 0.4) is 0 Å². The summed E-state index contributed by atoms with van der Waals surface area (Å²) in [6.07, 6.45) is 5.10. The molecule has 32 heavy (non-hydrogen) atoms. The average molecular weight is 435 g/mol. The van der Waals surface area contributed by atoms with Crippen molar-refractivity contribution in [2.24, 2.45) is 0 Å². The second-order valence-electron chi connectivity index (χ2n) is 7.80. The van der Waals surface area contributed by atoms with Crippen molar-refractivity contribution in [2.45, 2.75) is 39.2 Å². The molecule has 164 valence electrons. The van der Waals surface area contributed by atoms with Gasteiger partial charge in [-0.25, -0.2) is 4.39 Å². The number of benzene rings is 3. The van der Waals surface area contributed by atoms with Gasteiger partial charge in [0.25, 0.3) is 0 Å². The van der Waals surface area contributed by atoms with Crippen LogP contribution >= 0.6 is 0 Å². The molecule has 2 nitrogen and oxygen atoms in total. The Morgan fingerprint density at radius 2 is 1.62 bits per heavy atom. The Morgan fingerprint density at radius 3 is 2.31 bits per heavy atom. The lowest BCUT2D eigenvalue weighted by Gasteiger charge is -2.10. The van der Waals surface area contributed by atoms with E-state index in [2.05, 4.69) is 22.7 Å². The summed E-state index contributed by atoms with van der Waals surface area (Å²) in [7, 11) is 0. The maximum Gasteiger partial charge on any atom is 0.387 e. The van der Waals surface area contributed by atoms with Crippen molar-refractivity contribution in [1.82, 2.24) is 4.98 Å². The van der Waals surface area contributed by atoms with Gasteiger partial charge in [0.1, 0.15) is 11.6 Å². The topological polar surface area (TPSA) is 22.1 Å². The number of aryl methyl sites for hydroxylation is 3. The molecular weight excluding hydrogens is 411 g/mol. The molecule has 0 atom stereocenters. The molecule has 0 aliphatic heterocycles. The fourth-order valence-corrected chi connectivity index (χ4v) is 3.84. The molecule has 0 N–H and O–H groups in total. The van der Waals surface area contributed by atoms with Crippen LogP contribution in [0.5, 0.6) is 5.75 Å². The average Bonchev–Trinajstić information content (AvgIpc) is 2.80. The Morgan fingerprint density at radius 1 is 0.844 bits per heavy atom. The monoisotopic (exact) mass is 435 g/mol. The molecule has 0 saturated heterocycles. The SMILES string of the molecule is CCCc1ccc(-c2ccc3c(F)c(CCc4ccc(OC(F)F)cc4)ccc3c2)nc1. The minimum absolute atomic E-state index is 0.117. The van der Waals surface area contributed by atoms with Crippen LogP contribution < -0.4 is 4.74 Å². The zero-order valence-corrected chi connectivity index (χ0v) is 17.8. The molecule has 1 heterocycles. The first-order valence-corrected chi connectivity index (χ1v) is 10.7. The summed E-state index contributed by atoms with van der Waals surface area (Å²) in [5.41, 5.74) is 4.59. The molecule has 0 fully saturated rings. The van der Waals surface area contributed by atoms with Crippen LogP contribution in [-0.2, 0) is 19.3 Å². The van der Waals surface area contributed by atoms with Gasteiger partial charge in [-0.15, -0.1) is 0 Å². The van der Waals surface area contributed by atoms with Crippen LogP contribution in [0.1, 0.15) is 30.0 Å². The predicted molar refractivity (Wildman–Crippen MR) is 122 cm³/mol. The van der Waals surface area contributed by atoms with E-state index in [-0.39, 0.29) is 11.6 Å². The molecule has 3 aromatic carbocycles. The van der Waals surface area contributed by atoms with Crippen molar-refractivity contribution in [3.63, 3.8) is 0 Å². The van der Waals surface area contributed by atoms with Crippen molar-refractivity contribution in [1.29, 1.82) is 0 Å². The molecule has 0 bridgehead atoms. The molecule has 4 aromatic rings. The number of halogens is 3. The first-order chi connectivity index (χ1) is 15.5. The van der Waals surface area contributed by atoms with Gasteiger partial charge in [0.05, 0.1) is 5.69 Å². The highest BCUT2D eigenvalue weighted by Gasteiger charge is 2.10. The largest absolute Gasteiger partial charge is 0.435 e. The van der Waals surface area contributed by atoms with Crippen LogP contribution in [0.4, 0.5) is 13.2 Å². The Labute approximate surface area is 185 Å². The Kier molecular flexibility index (Phi) is 6.74. The summed E-state index contributed by atoms with van der Waals surface area (Å²) in [5, 5.41) is 1.41. The molecule has 0 saturated carbocycles. The maximum absolute atomic E-state index is 15.1. The molecule has 0 radical (unpaired) electrons. The van der Waals surface area contributed by atoms with Crippen molar-refractivity contribution in [2.75, 3.05) is 0 Å². The van der Waals surface area contributed by atoms with Crippen LogP contribution in [0, 0.1) is 5.82 Å². The molecule has 0 amide bonds. The third kappa shape index (κ3) is 5.10. The molecule has 0 unspecified atom stereocenters. The molecular formula is C27H24F3NO. The van der Waals surface area contributed by atoms with Gasteiger partial charge in [0.2, 0.25) is 0 Å². The van der Waals surface area contributed by atoms with Crippen molar-refractivity contribution in [3.05, 3.63) is 95.4 Å². The number of alkyl halides is 2. The van der Waals surface area contributed by atoms with Gasteiger partial charge in [-0.05, 0) is 65.6 Å². The van der Waals surface area contributed by atoms with Crippen molar-refractivity contribution >= 4 is 10.8 Å². The summed E-state index contributed by atoms with van der Waals surface area (Å²) < 4.78 is 44.0. The van der Waals surface area contributed by atoms with E-state index in [9.17, 15) is 8.78 Å². The van der Waals surface area contributed by atoms with Crippen LogP contribution in [0.15, 0.2) is 72.9 Å². The fourth-order valence-electron chi connectivity index (χ4n) is 3.84. The Bertz CT molecular complexity index is 1190. The van der Waals surface area contributed by atoms with E-state index in [1.54, 1.807) is 12.1 Å². The number of fused-ring (bicyclic) bond motifs is 1. The van der Waals surface area contributed by atoms with Gasteiger partial charge in [0.15, 0.2) is 0 Å². The van der Waals surface area contributed by atoms with Crippen molar-refractivity contribution < 1.29 is 17.9 Å². The summed E-state index contributed by atoms with van der Waals surface area (Å²) in [4.78, 5) is 4.55. The quantitative estimate of drug-likeness (QED) is 0.288. The Balaban J connectivity index is 1.49. The summed E-state index contributed by atoms with van der Waals surface area (Å²) in [6, 6.07) is 20.0. The Hall–Kier alpha value is -3.34. The lowest BCUT2D eigenvalue weighted by molar-refractivity contribution is -0.0498. The minimum Gasteiger partial charge on any atom is -0.435 e. The smallest absolute Gasteiger partial charge is 0.387 e. The first kappa shape index (κ1) is 21.9. The highest BCUT2D eigenvalue weighted by Crippen LogP contribution is 2.27.